The molecule has 0 bridgehead atoms. The van der Waals surface area contributed by atoms with Crippen molar-refractivity contribution in [2.45, 2.75) is 24.5 Å². The molecule has 0 fully saturated rings. The summed E-state index contributed by atoms with van der Waals surface area (Å²) in [6, 6.07) is 12.7. The Bertz CT molecular complexity index is 672. The lowest BCUT2D eigenvalue weighted by Gasteiger charge is -2.16. The minimum atomic E-state index is -3.65. The predicted octanol–water partition coefficient (Wildman–Crippen LogP) is 3.38. The molecule has 0 saturated carbocycles. The van der Waals surface area contributed by atoms with Crippen LogP contribution < -0.4 is 0 Å². The maximum atomic E-state index is 12.1. The standard InChI is InChI=1S/C13H16O3SSi/c1-18(2,3)16-17(14,15)13-9-8-11-6-4-5-7-12(11)10-13/h4-10H,1-3H3. The second-order valence-electron chi connectivity index (χ2n) is 5.16. The Morgan fingerprint density at radius 2 is 1.56 bits per heavy atom. The molecule has 96 valence electrons. The first-order valence-corrected chi connectivity index (χ1v) is 10.5. The average Bonchev–Trinajstić information content (AvgIpc) is 2.25. The zero-order valence-electron chi connectivity index (χ0n) is 10.7. The normalized spacial score (nSPS) is 12.8. The lowest BCUT2D eigenvalue weighted by atomic mass is 10.1. The summed E-state index contributed by atoms with van der Waals surface area (Å²) in [5, 5.41) is 1.92. The van der Waals surface area contributed by atoms with E-state index in [-0.39, 0.29) is 4.90 Å². The van der Waals surface area contributed by atoms with Crippen molar-refractivity contribution in [1.29, 1.82) is 0 Å². The highest BCUT2D eigenvalue weighted by molar-refractivity contribution is 7.87. The number of rotatable bonds is 3. The number of hydrogen-bond acceptors (Lipinski definition) is 3. The van der Waals surface area contributed by atoms with E-state index in [2.05, 4.69) is 0 Å². The molecule has 2 rings (SSSR count). The van der Waals surface area contributed by atoms with Crippen LogP contribution in [0.5, 0.6) is 0 Å². The van der Waals surface area contributed by atoms with Crippen molar-refractivity contribution in [3.8, 4) is 0 Å². The fourth-order valence-corrected chi connectivity index (χ4v) is 5.22. The second-order valence-corrected chi connectivity index (χ2v) is 11.4. The molecule has 2 aromatic rings. The number of fused-ring (bicyclic) bond motifs is 1. The van der Waals surface area contributed by atoms with E-state index >= 15 is 0 Å². The largest absolute Gasteiger partial charge is 0.312 e. The zero-order valence-corrected chi connectivity index (χ0v) is 12.5. The van der Waals surface area contributed by atoms with Crippen molar-refractivity contribution in [2.75, 3.05) is 0 Å². The van der Waals surface area contributed by atoms with Crippen LogP contribution in [-0.2, 0) is 14.0 Å². The van der Waals surface area contributed by atoms with Crippen LogP contribution in [-0.4, -0.2) is 16.7 Å². The van der Waals surface area contributed by atoms with Gasteiger partial charge >= 0.3 is 0 Å². The van der Waals surface area contributed by atoms with Gasteiger partial charge in [-0.2, -0.15) is 8.42 Å². The van der Waals surface area contributed by atoms with Gasteiger partial charge in [0.15, 0.2) is 0 Å². The number of benzene rings is 2. The highest BCUT2D eigenvalue weighted by Gasteiger charge is 2.25. The van der Waals surface area contributed by atoms with Crippen molar-refractivity contribution in [3.05, 3.63) is 42.5 Å². The Hall–Kier alpha value is -1.17. The Kier molecular flexibility index (Phi) is 3.31. The molecule has 0 saturated heterocycles. The lowest BCUT2D eigenvalue weighted by Crippen LogP contribution is -2.29. The molecule has 0 heterocycles. The summed E-state index contributed by atoms with van der Waals surface area (Å²) in [7, 11) is -5.78. The molecule has 3 nitrogen and oxygen atoms in total. The van der Waals surface area contributed by atoms with Gasteiger partial charge in [0.05, 0.1) is 4.90 Å². The van der Waals surface area contributed by atoms with E-state index in [0.717, 1.165) is 10.8 Å². The summed E-state index contributed by atoms with van der Waals surface area (Å²) in [5.74, 6) is 0. The van der Waals surface area contributed by atoms with E-state index in [1.165, 1.54) is 0 Å². The highest BCUT2D eigenvalue weighted by Crippen LogP contribution is 2.22. The maximum Gasteiger partial charge on any atom is 0.287 e. The molecule has 0 aliphatic carbocycles. The van der Waals surface area contributed by atoms with Gasteiger partial charge in [-0.15, -0.1) is 0 Å². The van der Waals surface area contributed by atoms with E-state index in [1.54, 1.807) is 18.2 Å². The Morgan fingerprint density at radius 1 is 0.944 bits per heavy atom. The van der Waals surface area contributed by atoms with Crippen molar-refractivity contribution in [3.63, 3.8) is 0 Å². The van der Waals surface area contributed by atoms with Gasteiger partial charge in [0, 0.05) is 0 Å². The minimum absolute atomic E-state index is 0.226. The van der Waals surface area contributed by atoms with E-state index in [4.69, 9.17) is 3.87 Å². The van der Waals surface area contributed by atoms with Crippen molar-refractivity contribution in [2.24, 2.45) is 0 Å². The van der Waals surface area contributed by atoms with E-state index in [0.29, 0.717) is 0 Å². The first-order valence-electron chi connectivity index (χ1n) is 5.72. The fraction of sp³-hybridized carbons (Fsp3) is 0.231. The molecule has 0 atom stereocenters. The third-order valence-electron chi connectivity index (χ3n) is 2.37. The van der Waals surface area contributed by atoms with Gasteiger partial charge < -0.3 is 3.87 Å². The Balaban J connectivity index is 2.48. The molecule has 2 aromatic carbocycles. The third kappa shape index (κ3) is 2.98. The topological polar surface area (TPSA) is 43.4 Å². The molecule has 0 spiro atoms. The SMILES string of the molecule is C[Si](C)(C)OS(=O)(=O)c1ccc2ccccc2c1. The molecular weight excluding hydrogens is 264 g/mol. The monoisotopic (exact) mass is 280 g/mol. The second kappa shape index (κ2) is 4.49. The van der Waals surface area contributed by atoms with E-state index < -0.39 is 18.4 Å². The fourth-order valence-electron chi connectivity index (χ4n) is 1.70. The third-order valence-corrected chi connectivity index (χ3v) is 6.08. The van der Waals surface area contributed by atoms with Gasteiger partial charge in [-0.1, -0.05) is 30.3 Å². The first kappa shape index (κ1) is 13.3. The molecule has 5 heteroatoms. The molecule has 0 aliphatic rings. The number of hydrogen-bond donors (Lipinski definition) is 0. The lowest BCUT2D eigenvalue weighted by molar-refractivity contribution is 0.486. The summed E-state index contributed by atoms with van der Waals surface area (Å²) in [6.45, 7) is 5.56. The summed E-state index contributed by atoms with van der Waals surface area (Å²) in [4.78, 5) is 0.226. The van der Waals surface area contributed by atoms with Gasteiger partial charge in [-0.25, -0.2) is 0 Å². The molecule has 0 radical (unpaired) electrons. The summed E-state index contributed by atoms with van der Waals surface area (Å²) in [6.07, 6.45) is 0. The van der Waals surface area contributed by atoms with Crippen LogP contribution in [0, 0.1) is 0 Å². The maximum absolute atomic E-state index is 12.1. The molecule has 0 amide bonds. The van der Waals surface area contributed by atoms with Crippen LogP contribution in [0.2, 0.25) is 19.6 Å². The Morgan fingerprint density at radius 3 is 2.17 bits per heavy atom. The zero-order chi connectivity index (χ0) is 13.4. The van der Waals surface area contributed by atoms with Crippen molar-refractivity contribution in [1.82, 2.24) is 0 Å². The molecular formula is C13H16O3SSi. The predicted molar refractivity (Wildman–Crippen MR) is 75.6 cm³/mol. The summed E-state index contributed by atoms with van der Waals surface area (Å²) in [5.41, 5.74) is 0. The van der Waals surface area contributed by atoms with Crippen LogP contribution in [0.3, 0.4) is 0 Å². The minimum Gasteiger partial charge on any atom is -0.312 e. The molecule has 18 heavy (non-hydrogen) atoms. The summed E-state index contributed by atoms with van der Waals surface area (Å²) >= 11 is 0. The molecule has 0 aromatic heterocycles. The van der Waals surface area contributed by atoms with Gasteiger partial charge in [-0.05, 0) is 42.5 Å². The van der Waals surface area contributed by atoms with Crippen LogP contribution in [0.25, 0.3) is 10.8 Å². The van der Waals surface area contributed by atoms with E-state index in [9.17, 15) is 8.42 Å². The molecule has 0 unspecified atom stereocenters. The quantitative estimate of drug-likeness (QED) is 0.810. The average molecular weight is 280 g/mol. The molecule has 0 aliphatic heterocycles. The van der Waals surface area contributed by atoms with E-state index in [1.807, 2.05) is 43.9 Å². The van der Waals surface area contributed by atoms with Gasteiger partial charge in [-0.3, -0.25) is 0 Å². The van der Waals surface area contributed by atoms with Crippen LogP contribution in [0.1, 0.15) is 0 Å². The van der Waals surface area contributed by atoms with Crippen LogP contribution >= 0.6 is 0 Å². The smallest absolute Gasteiger partial charge is 0.287 e. The van der Waals surface area contributed by atoms with Crippen LogP contribution in [0.15, 0.2) is 47.4 Å². The van der Waals surface area contributed by atoms with Gasteiger partial charge in [0.25, 0.3) is 10.1 Å². The van der Waals surface area contributed by atoms with Crippen molar-refractivity contribution < 1.29 is 12.3 Å². The van der Waals surface area contributed by atoms with Crippen LogP contribution in [0.4, 0.5) is 0 Å². The highest BCUT2D eigenvalue weighted by atomic mass is 32.2. The Labute approximate surface area is 109 Å². The first-order chi connectivity index (χ1) is 8.28. The van der Waals surface area contributed by atoms with Crippen molar-refractivity contribution >= 4 is 29.2 Å². The van der Waals surface area contributed by atoms with Gasteiger partial charge in [0.2, 0.25) is 8.32 Å². The van der Waals surface area contributed by atoms with Gasteiger partial charge in [0.1, 0.15) is 0 Å². The summed E-state index contributed by atoms with van der Waals surface area (Å²) < 4.78 is 29.5. The molecule has 0 N–H and O–H groups in total.